The summed E-state index contributed by atoms with van der Waals surface area (Å²) in [5, 5.41) is 0. The number of hydrogen-bond donors (Lipinski definition) is 1. The molecule has 17 heavy (non-hydrogen) atoms. The highest BCUT2D eigenvalue weighted by atomic mass is 16.5. The van der Waals surface area contributed by atoms with Gasteiger partial charge in [-0.25, -0.2) is 0 Å². The van der Waals surface area contributed by atoms with Crippen molar-refractivity contribution >= 4 is 5.91 Å². The predicted octanol–water partition coefficient (Wildman–Crippen LogP) is 0.603. The number of nitrogens with zero attached hydrogens (tertiary/aromatic N) is 1. The number of aromatic nitrogens is 1. The van der Waals surface area contributed by atoms with Crippen LogP contribution in [0.4, 0.5) is 0 Å². The summed E-state index contributed by atoms with van der Waals surface area (Å²) in [5.74, 6) is 0.0355. The van der Waals surface area contributed by atoms with Gasteiger partial charge in [0.05, 0.1) is 13.2 Å². The van der Waals surface area contributed by atoms with Gasteiger partial charge in [-0.15, -0.1) is 0 Å². The smallest absolute Gasteiger partial charge is 0.219 e. The first-order valence-corrected chi connectivity index (χ1v) is 5.64. The largest absolute Gasteiger partial charge is 0.368 e. The SMILES string of the molecule is CC(=O)N1CCOC(c2cc(=O)cc(C)[nH]2)C1. The van der Waals surface area contributed by atoms with Crippen molar-refractivity contribution in [3.8, 4) is 0 Å². The second-order valence-corrected chi connectivity index (χ2v) is 4.28. The molecule has 1 amide bonds. The van der Waals surface area contributed by atoms with E-state index in [2.05, 4.69) is 4.98 Å². The fourth-order valence-electron chi connectivity index (χ4n) is 2.01. The van der Waals surface area contributed by atoms with E-state index in [1.165, 1.54) is 12.1 Å². The number of ether oxygens (including phenoxy) is 1. The monoisotopic (exact) mass is 236 g/mol. The first kappa shape index (κ1) is 11.9. The third-order valence-corrected chi connectivity index (χ3v) is 2.86. The van der Waals surface area contributed by atoms with Crippen LogP contribution < -0.4 is 5.43 Å². The number of aromatic amines is 1. The molecule has 0 bridgehead atoms. The number of nitrogens with one attached hydrogen (secondary N) is 1. The maximum Gasteiger partial charge on any atom is 0.219 e. The van der Waals surface area contributed by atoms with Gasteiger partial charge in [-0.2, -0.15) is 0 Å². The van der Waals surface area contributed by atoms with Gasteiger partial charge >= 0.3 is 0 Å². The van der Waals surface area contributed by atoms with Gasteiger partial charge in [0.15, 0.2) is 5.43 Å². The van der Waals surface area contributed by atoms with Crippen molar-refractivity contribution < 1.29 is 9.53 Å². The number of morpholine rings is 1. The molecular weight excluding hydrogens is 220 g/mol. The summed E-state index contributed by atoms with van der Waals surface area (Å²) in [6, 6.07) is 3.07. The molecule has 1 N–H and O–H groups in total. The number of H-pyrrole nitrogens is 1. The Balaban J connectivity index is 2.21. The minimum atomic E-state index is -0.236. The summed E-state index contributed by atoms with van der Waals surface area (Å²) < 4.78 is 5.59. The van der Waals surface area contributed by atoms with Gasteiger partial charge in [0, 0.05) is 37.0 Å². The number of carbonyl (C=O) groups excluding carboxylic acids is 1. The zero-order chi connectivity index (χ0) is 12.4. The molecule has 92 valence electrons. The quantitative estimate of drug-likeness (QED) is 0.776. The van der Waals surface area contributed by atoms with Gasteiger partial charge in [0.1, 0.15) is 6.10 Å². The molecule has 5 heteroatoms. The van der Waals surface area contributed by atoms with Crippen LogP contribution in [-0.2, 0) is 9.53 Å². The molecule has 5 nitrogen and oxygen atoms in total. The third-order valence-electron chi connectivity index (χ3n) is 2.86. The van der Waals surface area contributed by atoms with E-state index in [4.69, 9.17) is 4.74 Å². The maximum absolute atomic E-state index is 11.4. The van der Waals surface area contributed by atoms with Gasteiger partial charge in [0.2, 0.25) is 5.91 Å². The molecule has 2 heterocycles. The van der Waals surface area contributed by atoms with E-state index in [1.54, 1.807) is 11.8 Å². The number of pyridine rings is 1. The van der Waals surface area contributed by atoms with E-state index < -0.39 is 0 Å². The molecule has 1 atom stereocenters. The third kappa shape index (κ3) is 2.74. The number of hydrogen-bond acceptors (Lipinski definition) is 3. The average molecular weight is 236 g/mol. The molecule has 1 fully saturated rings. The molecule has 0 radical (unpaired) electrons. The Labute approximate surface area is 99.4 Å². The second-order valence-electron chi connectivity index (χ2n) is 4.28. The Morgan fingerprint density at radius 1 is 1.53 bits per heavy atom. The zero-order valence-electron chi connectivity index (χ0n) is 10.0. The molecule has 0 aromatic carbocycles. The Morgan fingerprint density at radius 2 is 2.29 bits per heavy atom. The average Bonchev–Trinajstić information content (AvgIpc) is 2.28. The van der Waals surface area contributed by atoms with Crippen molar-refractivity contribution in [1.82, 2.24) is 9.88 Å². The van der Waals surface area contributed by atoms with E-state index in [1.807, 2.05) is 6.92 Å². The van der Waals surface area contributed by atoms with Crippen molar-refractivity contribution in [2.24, 2.45) is 0 Å². The fourth-order valence-corrected chi connectivity index (χ4v) is 2.01. The van der Waals surface area contributed by atoms with Gasteiger partial charge in [-0.05, 0) is 6.92 Å². The van der Waals surface area contributed by atoms with Crippen LogP contribution in [0.2, 0.25) is 0 Å². The van der Waals surface area contributed by atoms with Gasteiger partial charge in [0.25, 0.3) is 0 Å². The summed E-state index contributed by atoms with van der Waals surface area (Å²) in [6.07, 6.45) is -0.236. The summed E-state index contributed by atoms with van der Waals surface area (Å²) in [4.78, 5) is 27.6. The van der Waals surface area contributed by atoms with E-state index in [0.29, 0.717) is 19.7 Å². The van der Waals surface area contributed by atoms with Gasteiger partial charge < -0.3 is 14.6 Å². The molecule has 1 aromatic heterocycles. The Hall–Kier alpha value is -1.62. The molecule has 0 saturated carbocycles. The number of carbonyl (C=O) groups is 1. The van der Waals surface area contributed by atoms with E-state index in [9.17, 15) is 9.59 Å². The minimum Gasteiger partial charge on any atom is -0.368 e. The number of aryl methyl sites for hydroxylation is 1. The van der Waals surface area contributed by atoms with Crippen LogP contribution in [0.1, 0.15) is 24.4 Å². The molecule has 1 saturated heterocycles. The lowest BCUT2D eigenvalue weighted by Crippen LogP contribution is -2.41. The van der Waals surface area contributed by atoms with Gasteiger partial charge in [-0.1, -0.05) is 0 Å². The molecule has 2 rings (SSSR count). The molecule has 1 unspecified atom stereocenters. The van der Waals surface area contributed by atoms with Crippen LogP contribution in [0.15, 0.2) is 16.9 Å². The molecule has 1 aliphatic heterocycles. The van der Waals surface area contributed by atoms with E-state index >= 15 is 0 Å². The summed E-state index contributed by atoms with van der Waals surface area (Å²) >= 11 is 0. The lowest BCUT2D eigenvalue weighted by atomic mass is 10.1. The highest BCUT2D eigenvalue weighted by molar-refractivity contribution is 5.73. The molecule has 1 aliphatic rings. The topological polar surface area (TPSA) is 62.4 Å². The maximum atomic E-state index is 11.4. The Kier molecular flexibility index (Phi) is 3.28. The summed E-state index contributed by atoms with van der Waals surface area (Å²) in [5.41, 5.74) is 1.50. The van der Waals surface area contributed by atoms with E-state index in [0.717, 1.165) is 11.4 Å². The van der Waals surface area contributed by atoms with Crippen molar-refractivity contribution in [2.75, 3.05) is 19.7 Å². The number of rotatable bonds is 1. The lowest BCUT2D eigenvalue weighted by Gasteiger charge is -2.32. The van der Waals surface area contributed by atoms with Crippen molar-refractivity contribution in [3.05, 3.63) is 33.7 Å². The summed E-state index contributed by atoms with van der Waals surface area (Å²) in [6.45, 7) is 4.98. The molecular formula is C12H16N2O3. The Bertz CT molecular complexity index is 481. The van der Waals surface area contributed by atoms with Crippen LogP contribution in [0.5, 0.6) is 0 Å². The van der Waals surface area contributed by atoms with E-state index in [-0.39, 0.29) is 17.4 Å². The lowest BCUT2D eigenvalue weighted by molar-refractivity contribution is -0.136. The normalized spacial score (nSPS) is 20.4. The molecule has 1 aromatic rings. The fraction of sp³-hybridized carbons (Fsp3) is 0.500. The first-order chi connectivity index (χ1) is 8.06. The molecule has 0 spiro atoms. The summed E-state index contributed by atoms with van der Waals surface area (Å²) in [7, 11) is 0. The molecule has 0 aliphatic carbocycles. The minimum absolute atomic E-state index is 0.0355. The van der Waals surface area contributed by atoms with Crippen LogP contribution in [0.3, 0.4) is 0 Å². The van der Waals surface area contributed by atoms with Crippen molar-refractivity contribution in [2.45, 2.75) is 20.0 Å². The van der Waals surface area contributed by atoms with Crippen LogP contribution >= 0.6 is 0 Å². The standard InChI is InChI=1S/C12H16N2O3/c1-8-5-10(16)6-11(13-8)12-7-14(9(2)15)3-4-17-12/h5-6,12H,3-4,7H2,1-2H3,(H,13,16). The van der Waals surface area contributed by atoms with Crippen molar-refractivity contribution in [3.63, 3.8) is 0 Å². The van der Waals surface area contributed by atoms with Crippen LogP contribution in [0.25, 0.3) is 0 Å². The zero-order valence-corrected chi connectivity index (χ0v) is 10.0. The predicted molar refractivity (Wildman–Crippen MR) is 62.7 cm³/mol. The van der Waals surface area contributed by atoms with Crippen molar-refractivity contribution in [1.29, 1.82) is 0 Å². The van der Waals surface area contributed by atoms with Gasteiger partial charge in [-0.3, -0.25) is 9.59 Å². The first-order valence-electron chi connectivity index (χ1n) is 5.64. The second kappa shape index (κ2) is 4.71. The Morgan fingerprint density at radius 3 is 2.94 bits per heavy atom. The highest BCUT2D eigenvalue weighted by Crippen LogP contribution is 2.19. The highest BCUT2D eigenvalue weighted by Gasteiger charge is 2.24. The van der Waals surface area contributed by atoms with Crippen LogP contribution in [0, 0.1) is 6.92 Å². The number of amides is 1. The van der Waals surface area contributed by atoms with Crippen LogP contribution in [-0.4, -0.2) is 35.5 Å².